The van der Waals surface area contributed by atoms with Crippen molar-refractivity contribution >= 4 is 17.7 Å². The van der Waals surface area contributed by atoms with Crippen LogP contribution in [0.2, 0.25) is 0 Å². The van der Waals surface area contributed by atoms with Crippen molar-refractivity contribution in [1.29, 1.82) is 0 Å². The molecule has 1 aromatic carbocycles. The third kappa shape index (κ3) is 4.99. The largest absolute Gasteiger partial charge is 0.349 e. The summed E-state index contributed by atoms with van der Waals surface area (Å²) in [6, 6.07) is 5.02. The topological polar surface area (TPSA) is 54.9 Å². The number of aryl methyl sites for hydroxylation is 2. The second-order valence-electron chi connectivity index (χ2n) is 5.18. The van der Waals surface area contributed by atoms with Crippen LogP contribution >= 0.6 is 11.8 Å². The number of nitrogens with zero attached hydrogens (tertiary/aromatic N) is 2. The molecule has 4 nitrogen and oxygen atoms in total. The lowest BCUT2D eigenvalue weighted by Gasteiger charge is -2.14. The Labute approximate surface area is 137 Å². The van der Waals surface area contributed by atoms with E-state index in [-0.39, 0.29) is 11.7 Å². The van der Waals surface area contributed by atoms with Crippen molar-refractivity contribution in [3.05, 3.63) is 52.9 Å². The molecule has 7 heteroatoms. The van der Waals surface area contributed by atoms with Gasteiger partial charge in [0.05, 0.1) is 11.8 Å². The average molecular weight is 337 g/mol. The highest BCUT2D eigenvalue weighted by molar-refractivity contribution is 7.99. The molecule has 0 aliphatic carbocycles. The average Bonchev–Trinajstić information content (AvgIpc) is 2.47. The molecule has 1 aromatic heterocycles. The van der Waals surface area contributed by atoms with E-state index in [1.165, 1.54) is 17.8 Å². The fraction of sp³-hybridized carbons (Fsp3) is 0.312. The Hall–Kier alpha value is -2.02. The van der Waals surface area contributed by atoms with Crippen LogP contribution in [0.25, 0.3) is 0 Å². The van der Waals surface area contributed by atoms with E-state index in [2.05, 4.69) is 15.3 Å². The minimum absolute atomic E-state index is 0.150. The van der Waals surface area contributed by atoms with E-state index >= 15 is 0 Å². The van der Waals surface area contributed by atoms with Crippen LogP contribution in [0.4, 0.5) is 8.78 Å². The Morgan fingerprint density at radius 3 is 2.43 bits per heavy atom. The molecular formula is C16H17F2N3OS. The Morgan fingerprint density at radius 1 is 1.17 bits per heavy atom. The number of thioether (sulfide) groups is 1. The van der Waals surface area contributed by atoms with Gasteiger partial charge in [-0.05, 0) is 44.5 Å². The Kier molecular flexibility index (Phi) is 5.65. The molecule has 0 aliphatic heterocycles. The summed E-state index contributed by atoms with van der Waals surface area (Å²) in [5.41, 5.74) is 2.19. The van der Waals surface area contributed by atoms with Crippen LogP contribution in [0.5, 0.6) is 0 Å². The van der Waals surface area contributed by atoms with Crippen molar-refractivity contribution in [3.8, 4) is 0 Å². The lowest BCUT2D eigenvalue weighted by atomic mass is 10.1. The molecule has 1 heterocycles. The molecule has 1 amide bonds. The van der Waals surface area contributed by atoms with E-state index in [4.69, 9.17) is 0 Å². The molecule has 1 N–H and O–H groups in total. The van der Waals surface area contributed by atoms with Crippen LogP contribution in [0.15, 0.2) is 29.4 Å². The highest BCUT2D eigenvalue weighted by Crippen LogP contribution is 2.17. The SMILES string of the molecule is Cc1cc(C)nc(SCC(=O)NC(C)c2ccc(F)c(F)c2)n1. The zero-order chi connectivity index (χ0) is 17.0. The van der Waals surface area contributed by atoms with E-state index < -0.39 is 17.7 Å². The van der Waals surface area contributed by atoms with E-state index in [9.17, 15) is 13.6 Å². The van der Waals surface area contributed by atoms with Gasteiger partial charge in [0.1, 0.15) is 0 Å². The molecule has 122 valence electrons. The normalized spacial score (nSPS) is 12.0. The summed E-state index contributed by atoms with van der Waals surface area (Å²) in [5.74, 6) is -1.91. The summed E-state index contributed by atoms with van der Waals surface area (Å²) >= 11 is 1.23. The van der Waals surface area contributed by atoms with Crippen LogP contribution in [0.3, 0.4) is 0 Å². The van der Waals surface area contributed by atoms with E-state index in [1.54, 1.807) is 6.92 Å². The summed E-state index contributed by atoms with van der Waals surface area (Å²) in [5, 5.41) is 3.28. The number of amides is 1. The third-order valence-corrected chi connectivity index (χ3v) is 3.96. The molecule has 0 saturated carbocycles. The first-order valence-corrected chi connectivity index (χ1v) is 8.03. The molecule has 0 aliphatic rings. The van der Waals surface area contributed by atoms with Gasteiger partial charge in [-0.1, -0.05) is 17.8 Å². The maximum Gasteiger partial charge on any atom is 0.230 e. The Bertz CT molecular complexity index is 704. The lowest BCUT2D eigenvalue weighted by molar-refractivity contribution is -0.119. The van der Waals surface area contributed by atoms with E-state index in [0.29, 0.717) is 10.7 Å². The molecule has 23 heavy (non-hydrogen) atoms. The molecule has 1 atom stereocenters. The standard InChI is InChI=1S/C16H17F2N3OS/c1-9-6-10(2)20-16(19-9)23-8-15(22)21-11(3)12-4-5-13(17)14(18)7-12/h4-7,11H,8H2,1-3H3,(H,21,22). The fourth-order valence-electron chi connectivity index (χ4n) is 2.04. The monoisotopic (exact) mass is 337 g/mol. The maximum atomic E-state index is 13.2. The molecule has 0 saturated heterocycles. The van der Waals surface area contributed by atoms with Gasteiger partial charge in [0.25, 0.3) is 0 Å². The van der Waals surface area contributed by atoms with Gasteiger partial charge in [-0.3, -0.25) is 4.79 Å². The number of hydrogen-bond donors (Lipinski definition) is 1. The van der Waals surface area contributed by atoms with Crippen molar-refractivity contribution < 1.29 is 13.6 Å². The number of nitrogens with one attached hydrogen (secondary N) is 1. The molecule has 1 unspecified atom stereocenters. The Morgan fingerprint density at radius 2 is 1.83 bits per heavy atom. The summed E-state index contributed by atoms with van der Waals surface area (Å²) in [4.78, 5) is 20.5. The highest BCUT2D eigenvalue weighted by Gasteiger charge is 2.13. The van der Waals surface area contributed by atoms with E-state index in [1.807, 2.05) is 19.9 Å². The van der Waals surface area contributed by atoms with Gasteiger partial charge >= 0.3 is 0 Å². The predicted molar refractivity (Wildman–Crippen MR) is 85.1 cm³/mol. The van der Waals surface area contributed by atoms with Crippen LogP contribution in [-0.2, 0) is 4.79 Å². The smallest absolute Gasteiger partial charge is 0.230 e. The van der Waals surface area contributed by atoms with E-state index in [0.717, 1.165) is 23.5 Å². The van der Waals surface area contributed by atoms with Crippen molar-refractivity contribution in [2.24, 2.45) is 0 Å². The molecule has 2 aromatic rings. The van der Waals surface area contributed by atoms with Crippen LogP contribution in [-0.4, -0.2) is 21.6 Å². The number of carbonyl (C=O) groups is 1. The first-order valence-electron chi connectivity index (χ1n) is 7.04. The summed E-state index contributed by atoms with van der Waals surface area (Å²) < 4.78 is 26.1. The van der Waals surface area contributed by atoms with Crippen LogP contribution < -0.4 is 5.32 Å². The number of aromatic nitrogens is 2. The number of hydrogen-bond acceptors (Lipinski definition) is 4. The van der Waals surface area contributed by atoms with Gasteiger partial charge < -0.3 is 5.32 Å². The minimum atomic E-state index is -0.929. The van der Waals surface area contributed by atoms with Gasteiger partial charge in [-0.25, -0.2) is 18.7 Å². The lowest BCUT2D eigenvalue weighted by Crippen LogP contribution is -2.28. The highest BCUT2D eigenvalue weighted by atomic mass is 32.2. The number of halogens is 2. The predicted octanol–water partition coefficient (Wildman–Crippen LogP) is 3.34. The number of rotatable bonds is 5. The Balaban J connectivity index is 1.92. The molecular weight excluding hydrogens is 320 g/mol. The first kappa shape index (κ1) is 17.3. The van der Waals surface area contributed by atoms with Crippen molar-refractivity contribution in [2.75, 3.05) is 5.75 Å². The minimum Gasteiger partial charge on any atom is -0.349 e. The summed E-state index contributed by atoms with van der Waals surface area (Å²) in [7, 11) is 0. The zero-order valence-corrected chi connectivity index (χ0v) is 13.9. The zero-order valence-electron chi connectivity index (χ0n) is 13.1. The fourth-order valence-corrected chi connectivity index (χ4v) is 2.80. The molecule has 0 spiro atoms. The maximum absolute atomic E-state index is 13.2. The van der Waals surface area contributed by atoms with Crippen LogP contribution in [0, 0.1) is 25.5 Å². The van der Waals surface area contributed by atoms with Crippen molar-refractivity contribution in [1.82, 2.24) is 15.3 Å². The third-order valence-electron chi connectivity index (χ3n) is 3.12. The van der Waals surface area contributed by atoms with Crippen LogP contribution in [0.1, 0.15) is 29.9 Å². The quantitative estimate of drug-likeness (QED) is 0.671. The van der Waals surface area contributed by atoms with Gasteiger partial charge in [0.2, 0.25) is 5.91 Å². The van der Waals surface area contributed by atoms with Gasteiger partial charge in [0, 0.05) is 11.4 Å². The van der Waals surface area contributed by atoms with Gasteiger partial charge in [0.15, 0.2) is 16.8 Å². The van der Waals surface area contributed by atoms with Crippen molar-refractivity contribution in [3.63, 3.8) is 0 Å². The molecule has 0 bridgehead atoms. The summed E-state index contributed by atoms with van der Waals surface area (Å²) in [6.45, 7) is 5.44. The first-order chi connectivity index (χ1) is 10.8. The molecule has 0 radical (unpaired) electrons. The van der Waals surface area contributed by atoms with Crippen molar-refractivity contribution in [2.45, 2.75) is 32.0 Å². The number of benzene rings is 1. The van der Waals surface area contributed by atoms with Gasteiger partial charge in [-0.15, -0.1) is 0 Å². The summed E-state index contributed by atoms with van der Waals surface area (Å²) in [6.07, 6.45) is 0. The van der Waals surface area contributed by atoms with Gasteiger partial charge in [-0.2, -0.15) is 0 Å². The second kappa shape index (κ2) is 7.50. The second-order valence-corrected chi connectivity index (χ2v) is 6.13. The molecule has 0 fully saturated rings. The molecule has 2 rings (SSSR count). The number of carbonyl (C=O) groups excluding carboxylic acids is 1.